The lowest BCUT2D eigenvalue weighted by atomic mass is 10.3. The minimum absolute atomic E-state index is 0.559. The molecule has 80 valence electrons. The van der Waals surface area contributed by atoms with Crippen molar-refractivity contribution in [3.63, 3.8) is 0 Å². The van der Waals surface area contributed by atoms with Crippen molar-refractivity contribution >= 4 is 7.25 Å². The molecule has 0 N–H and O–H groups in total. The third-order valence-electron chi connectivity index (χ3n) is 0.913. The molecule has 9 heteroatoms. The van der Waals surface area contributed by atoms with Crippen LogP contribution in [0.4, 0.5) is 26.0 Å². The number of aryl methyl sites for hydroxylation is 1. The lowest BCUT2D eigenvalue weighted by Gasteiger charge is -1.94. The summed E-state index contributed by atoms with van der Waals surface area (Å²) in [4.78, 5) is 0. The first kappa shape index (κ1) is 12.7. The molecule has 14 heavy (non-hydrogen) atoms. The van der Waals surface area contributed by atoms with Crippen LogP contribution >= 0.6 is 0 Å². The van der Waals surface area contributed by atoms with E-state index in [4.69, 9.17) is 0 Å². The van der Waals surface area contributed by atoms with Gasteiger partial charge in [-0.1, -0.05) is 4.68 Å². The smallest absolute Gasteiger partial charge is 0.418 e. The summed E-state index contributed by atoms with van der Waals surface area (Å²) in [5, 5.41) is 3.15. The van der Waals surface area contributed by atoms with Crippen molar-refractivity contribution < 1.29 is 30.7 Å². The number of hydrogen-bond acceptors (Lipinski definition) is 1. The molecule has 0 radical (unpaired) electrons. The fourth-order valence-corrected chi connectivity index (χ4v) is 0.470. The van der Waals surface area contributed by atoms with Gasteiger partial charge in [-0.25, -0.2) is 0 Å². The largest absolute Gasteiger partial charge is 0.673 e. The highest BCUT2D eigenvalue weighted by atomic mass is 19.5. The second-order valence-electron chi connectivity index (χ2n) is 2.10. The van der Waals surface area contributed by atoms with Crippen molar-refractivity contribution in [3.05, 3.63) is 24.0 Å². The number of rotatable bonds is 0. The Morgan fingerprint density at radius 1 is 1.14 bits per heavy atom. The lowest BCUT2D eigenvalue weighted by Crippen LogP contribution is -2.38. The molecule has 0 aliphatic rings. The van der Waals surface area contributed by atoms with Gasteiger partial charge in [-0.15, -0.1) is 4.39 Å². The van der Waals surface area contributed by atoms with Crippen LogP contribution in [-0.4, -0.2) is 12.4 Å². The zero-order valence-electron chi connectivity index (χ0n) is 6.89. The van der Waals surface area contributed by atoms with Gasteiger partial charge in [0.1, 0.15) is 0 Å². The molecule has 0 aliphatic carbocycles. The quantitative estimate of drug-likeness (QED) is 0.366. The van der Waals surface area contributed by atoms with Crippen LogP contribution in [-0.2, 0) is 7.05 Å². The molecule has 1 rings (SSSR count). The molecule has 0 amide bonds. The van der Waals surface area contributed by atoms with Gasteiger partial charge in [-0.3, -0.25) is 0 Å². The average Bonchev–Trinajstić information content (AvgIpc) is 1.94. The summed E-state index contributed by atoms with van der Waals surface area (Å²) in [6, 6.07) is 1.98. The van der Waals surface area contributed by atoms with Crippen LogP contribution < -0.4 is 4.68 Å². The van der Waals surface area contributed by atoms with Crippen molar-refractivity contribution in [2.24, 2.45) is 7.05 Å². The van der Waals surface area contributed by atoms with E-state index in [1.807, 2.05) is 0 Å². The lowest BCUT2D eigenvalue weighted by molar-refractivity contribution is -0.759. The summed E-state index contributed by atoms with van der Waals surface area (Å²) in [7, 11) is -4.67. The molecule has 0 bridgehead atoms. The van der Waals surface area contributed by atoms with Gasteiger partial charge in [0, 0.05) is 17.2 Å². The van der Waals surface area contributed by atoms with Crippen LogP contribution in [0.5, 0.6) is 0 Å². The minimum Gasteiger partial charge on any atom is -0.418 e. The standard InChI is InChI=1S/C5H5F2N2.BF4/c1-9-5(7)3-2-4(6)8-9;2-1(3,4)5/h2-3H,1H3;/q+1;-1. The molecular formula is C5H5BF6N2. The molecule has 0 saturated carbocycles. The maximum absolute atomic E-state index is 12.2. The molecule has 0 aromatic carbocycles. The molecule has 0 fully saturated rings. The Bertz CT molecular complexity index is 295. The summed E-state index contributed by atoms with van der Waals surface area (Å²) >= 11 is 0. The third kappa shape index (κ3) is 7.38. The number of halogens is 6. The number of hydrogen-bond donors (Lipinski definition) is 0. The monoisotopic (exact) mass is 218 g/mol. The molecule has 1 aromatic heterocycles. The highest BCUT2D eigenvalue weighted by Crippen LogP contribution is 2.06. The first-order valence-electron chi connectivity index (χ1n) is 3.26. The van der Waals surface area contributed by atoms with Gasteiger partial charge >= 0.3 is 13.2 Å². The van der Waals surface area contributed by atoms with Crippen LogP contribution in [0.15, 0.2) is 12.1 Å². The predicted octanol–water partition coefficient (Wildman–Crippen LogP) is 1.48. The van der Waals surface area contributed by atoms with E-state index in [9.17, 15) is 26.0 Å². The molecule has 1 heterocycles. The topological polar surface area (TPSA) is 16.8 Å². The first-order valence-corrected chi connectivity index (χ1v) is 3.26. The van der Waals surface area contributed by atoms with Gasteiger partial charge in [0.15, 0.2) is 7.05 Å². The minimum atomic E-state index is -6.00. The molecule has 0 unspecified atom stereocenters. The summed E-state index contributed by atoms with van der Waals surface area (Å²) in [5.74, 6) is -1.24. The molecule has 0 atom stereocenters. The third-order valence-corrected chi connectivity index (χ3v) is 0.913. The summed E-state index contributed by atoms with van der Waals surface area (Å²) in [5.41, 5.74) is 0. The molecule has 0 spiro atoms. The summed E-state index contributed by atoms with van der Waals surface area (Å²) in [6.45, 7) is 0. The van der Waals surface area contributed by atoms with Gasteiger partial charge in [-0.2, -0.15) is 4.39 Å². The molecule has 1 aromatic rings. The van der Waals surface area contributed by atoms with E-state index >= 15 is 0 Å². The van der Waals surface area contributed by atoms with Crippen molar-refractivity contribution in [1.29, 1.82) is 0 Å². The Labute approximate surface area is 75.3 Å². The number of nitrogens with zero attached hydrogens (tertiary/aromatic N) is 2. The van der Waals surface area contributed by atoms with E-state index in [0.717, 1.165) is 16.8 Å². The second-order valence-corrected chi connectivity index (χ2v) is 2.10. The summed E-state index contributed by atoms with van der Waals surface area (Å²) < 4.78 is 64.1. The van der Waals surface area contributed by atoms with Crippen molar-refractivity contribution in [3.8, 4) is 0 Å². The van der Waals surface area contributed by atoms with Crippen LogP contribution in [0.2, 0.25) is 0 Å². The number of aromatic nitrogens is 2. The molecule has 0 aliphatic heterocycles. The van der Waals surface area contributed by atoms with Crippen LogP contribution in [0, 0.1) is 11.9 Å². The van der Waals surface area contributed by atoms with Gasteiger partial charge < -0.3 is 17.3 Å². The van der Waals surface area contributed by atoms with E-state index in [-0.39, 0.29) is 0 Å². The van der Waals surface area contributed by atoms with E-state index in [0.29, 0.717) is 0 Å². The Morgan fingerprint density at radius 2 is 1.57 bits per heavy atom. The van der Waals surface area contributed by atoms with Crippen molar-refractivity contribution in [1.82, 2.24) is 5.10 Å². The van der Waals surface area contributed by atoms with Gasteiger partial charge in [-0.05, 0) is 0 Å². The van der Waals surface area contributed by atoms with Crippen LogP contribution in [0.3, 0.4) is 0 Å². The zero-order valence-corrected chi connectivity index (χ0v) is 6.89. The van der Waals surface area contributed by atoms with E-state index in [1.54, 1.807) is 0 Å². The molecule has 0 saturated heterocycles. The van der Waals surface area contributed by atoms with Gasteiger partial charge in [0.05, 0.1) is 0 Å². The zero-order chi connectivity index (χ0) is 11.4. The normalized spacial score (nSPS) is 10.5. The van der Waals surface area contributed by atoms with Gasteiger partial charge in [0.2, 0.25) is 0 Å². The van der Waals surface area contributed by atoms with E-state index < -0.39 is 19.1 Å². The van der Waals surface area contributed by atoms with Crippen LogP contribution in [0.1, 0.15) is 0 Å². The maximum atomic E-state index is 12.2. The second kappa shape index (κ2) is 4.82. The van der Waals surface area contributed by atoms with Crippen molar-refractivity contribution in [2.75, 3.05) is 0 Å². The fraction of sp³-hybridized carbons (Fsp3) is 0.200. The van der Waals surface area contributed by atoms with Gasteiger partial charge in [0.25, 0.3) is 5.95 Å². The van der Waals surface area contributed by atoms with Crippen LogP contribution in [0.25, 0.3) is 0 Å². The average molecular weight is 218 g/mol. The SMILES string of the molecule is C[n+]1nc(F)ccc1F.F[B-](F)(F)F. The fourth-order valence-electron chi connectivity index (χ4n) is 0.470. The van der Waals surface area contributed by atoms with E-state index in [1.165, 1.54) is 7.05 Å². The Balaban J connectivity index is 0.000000292. The highest BCUT2D eigenvalue weighted by Gasteiger charge is 2.20. The predicted molar refractivity (Wildman–Crippen MR) is 35.5 cm³/mol. The first-order chi connectivity index (χ1) is 6.20. The van der Waals surface area contributed by atoms with E-state index in [2.05, 4.69) is 5.10 Å². The highest BCUT2D eigenvalue weighted by molar-refractivity contribution is 6.50. The Morgan fingerprint density at radius 3 is 1.86 bits per heavy atom. The summed E-state index contributed by atoms with van der Waals surface area (Å²) in [6.07, 6.45) is 0. The Kier molecular flexibility index (Phi) is 4.38. The Hall–Kier alpha value is -1.28. The molecule has 2 nitrogen and oxygen atoms in total. The van der Waals surface area contributed by atoms with Crippen molar-refractivity contribution in [2.45, 2.75) is 0 Å². The maximum Gasteiger partial charge on any atom is 0.673 e. The molecular weight excluding hydrogens is 213 g/mol.